The van der Waals surface area contributed by atoms with Gasteiger partial charge in [0.25, 0.3) is 0 Å². The Bertz CT molecular complexity index is 945. The van der Waals surface area contributed by atoms with E-state index in [0.29, 0.717) is 23.0 Å². The van der Waals surface area contributed by atoms with E-state index in [1.807, 2.05) is 13.0 Å². The molecule has 2 heterocycles. The second-order valence-corrected chi connectivity index (χ2v) is 9.08. The van der Waals surface area contributed by atoms with Gasteiger partial charge in [0, 0.05) is 43.5 Å². The molecule has 32 heavy (non-hydrogen) atoms. The van der Waals surface area contributed by atoms with Gasteiger partial charge < -0.3 is 15.0 Å². The number of anilines is 1. The van der Waals surface area contributed by atoms with Crippen LogP contribution in [0.25, 0.3) is 0 Å². The summed E-state index contributed by atoms with van der Waals surface area (Å²) in [4.78, 5) is 29.5. The van der Waals surface area contributed by atoms with E-state index in [-0.39, 0.29) is 36.8 Å². The molecular formula is C25H30ClN3O3. The predicted octanol–water partition coefficient (Wildman–Crippen LogP) is 4.01. The molecule has 2 aromatic rings. The molecule has 0 saturated carbocycles. The number of hydrogen-bond acceptors (Lipinski definition) is 4. The normalized spacial score (nSPS) is 19.2. The van der Waals surface area contributed by atoms with Gasteiger partial charge in [-0.25, -0.2) is 0 Å². The second-order valence-electron chi connectivity index (χ2n) is 8.65. The van der Waals surface area contributed by atoms with E-state index in [1.165, 1.54) is 5.56 Å². The Morgan fingerprint density at radius 3 is 2.59 bits per heavy atom. The van der Waals surface area contributed by atoms with Crippen molar-refractivity contribution >= 4 is 29.1 Å². The summed E-state index contributed by atoms with van der Waals surface area (Å²) in [6.07, 6.45) is 2.10. The lowest BCUT2D eigenvalue weighted by atomic mass is 10.0. The number of rotatable bonds is 6. The van der Waals surface area contributed by atoms with Gasteiger partial charge in [-0.2, -0.15) is 0 Å². The predicted molar refractivity (Wildman–Crippen MR) is 126 cm³/mol. The molecule has 7 heteroatoms. The zero-order chi connectivity index (χ0) is 22.5. The van der Waals surface area contributed by atoms with Gasteiger partial charge in [-0.3, -0.25) is 14.5 Å². The number of benzene rings is 2. The highest BCUT2D eigenvalue weighted by Gasteiger charge is 2.28. The summed E-state index contributed by atoms with van der Waals surface area (Å²) >= 11 is 6.11. The van der Waals surface area contributed by atoms with Gasteiger partial charge in [0.15, 0.2) is 0 Å². The molecule has 2 aliphatic rings. The number of halogens is 1. The van der Waals surface area contributed by atoms with Gasteiger partial charge in [0.1, 0.15) is 11.9 Å². The van der Waals surface area contributed by atoms with Crippen LogP contribution in [0.5, 0.6) is 5.75 Å². The van der Waals surface area contributed by atoms with Crippen LogP contribution < -0.4 is 15.0 Å². The first kappa shape index (κ1) is 22.6. The minimum Gasteiger partial charge on any atom is -0.487 e. The molecule has 6 nitrogen and oxygen atoms in total. The molecular weight excluding hydrogens is 426 g/mol. The van der Waals surface area contributed by atoms with E-state index in [0.717, 1.165) is 32.5 Å². The van der Waals surface area contributed by atoms with Crippen LogP contribution in [-0.2, 0) is 16.1 Å². The van der Waals surface area contributed by atoms with E-state index >= 15 is 0 Å². The van der Waals surface area contributed by atoms with Crippen LogP contribution >= 0.6 is 11.6 Å². The lowest BCUT2D eigenvalue weighted by Gasteiger charge is -2.34. The average molecular weight is 456 g/mol. The number of carbonyl (C=O) groups excluding carboxylic acids is 2. The van der Waals surface area contributed by atoms with Crippen LogP contribution in [0.2, 0.25) is 5.02 Å². The van der Waals surface area contributed by atoms with Crippen LogP contribution in [0, 0.1) is 0 Å². The lowest BCUT2D eigenvalue weighted by molar-refractivity contribution is -0.126. The van der Waals surface area contributed by atoms with Crippen molar-refractivity contribution in [1.29, 1.82) is 0 Å². The molecule has 0 aliphatic carbocycles. The molecule has 1 fully saturated rings. The van der Waals surface area contributed by atoms with Crippen LogP contribution in [0.3, 0.4) is 0 Å². The number of piperidine rings is 1. The molecule has 1 saturated heterocycles. The molecule has 0 spiro atoms. The maximum absolute atomic E-state index is 12.9. The van der Waals surface area contributed by atoms with Gasteiger partial charge >= 0.3 is 0 Å². The number of fused-ring (bicyclic) bond motifs is 1. The van der Waals surface area contributed by atoms with Crippen molar-refractivity contribution in [2.24, 2.45) is 0 Å². The molecule has 2 amide bonds. The minimum atomic E-state index is -0.109. The van der Waals surface area contributed by atoms with E-state index in [1.54, 1.807) is 23.1 Å². The number of amides is 2. The van der Waals surface area contributed by atoms with E-state index < -0.39 is 0 Å². The number of likely N-dealkylation sites (tertiary alicyclic amines) is 1. The zero-order valence-corrected chi connectivity index (χ0v) is 19.2. The Hall–Kier alpha value is -2.57. The molecule has 4 rings (SSSR count). The molecule has 0 aromatic heterocycles. The van der Waals surface area contributed by atoms with Crippen molar-refractivity contribution in [3.63, 3.8) is 0 Å². The maximum atomic E-state index is 12.9. The highest BCUT2D eigenvalue weighted by Crippen LogP contribution is 2.36. The number of nitrogens with one attached hydrogen (secondary N) is 1. The van der Waals surface area contributed by atoms with Crippen molar-refractivity contribution in [3.05, 3.63) is 59.1 Å². The summed E-state index contributed by atoms with van der Waals surface area (Å²) in [7, 11) is 0. The molecule has 0 unspecified atom stereocenters. The van der Waals surface area contributed by atoms with Gasteiger partial charge in [0.2, 0.25) is 11.8 Å². The zero-order valence-electron chi connectivity index (χ0n) is 18.4. The first-order chi connectivity index (χ1) is 15.5. The van der Waals surface area contributed by atoms with Gasteiger partial charge in [-0.1, -0.05) is 41.9 Å². The molecule has 1 atom stereocenters. The Morgan fingerprint density at radius 2 is 1.84 bits per heavy atom. The van der Waals surface area contributed by atoms with Crippen molar-refractivity contribution in [2.45, 2.75) is 51.3 Å². The third-order valence-corrected chi connectivity index (χ3v) is 6.28. The molecule has 170 valence electrons. The number of nitrogens with zero attached hydrogens (tertiary/aromatic N) is 2. The highest BCUT2D eigenvalue weighted by molar-refractivity contribution is 6.31. The van der Waals surface area contributed by atoms with E-state index in [9.17, 15) is 9.59 Å². The van der Waals surface area contributed by atoms with E-state index in [2.05, 4.69) is 34.5 Å². The number of hydrogen-bond donors (Lipinski definition) is 1. The quantitative estimate of drug-likeness (QED) is 0.714. The summed E-state index contributed by atoms with van der Waals surface area (Å²) in [6.45, 7) is 5.24. The minimum absolute atomic E-state index is 0.0625. The number of carbonyl (C=O) groups is 2. The average Bonchev–Trinajstić information content (AvgIpc) is 2.79. The third kappa shape index (κ3) is 5.81. The maximum Gasteiger partial charge on any atom is 0.227 e. The van der Waals surface area contributed by atoms with Crippen LogP contribution in [0.4, 0.5) is 5.69 Å². The molecule has 0 radical (unpaired) electrons. The van der Waals surface area contributed by atoms with Gasteiger partial charge in [0.05, 0.1) is 12.2 Å². The highest BCUT2D eigenvalue weighted by atomic mass is 35.5. The van der Waals surface area contributed by atoms with Crippen molar-refractivity contribution in [3.8, 4) is 5.75 Å². The lowest BCUT2D eigenvalue weighted by Crippen LogP contribution is -2.45. The summed E-state index contributed by atoms with van der Waals surface area (Å²) in [5, 5.41) is 3.67. The summed E-state index contributed by atoms with van der Waals surface area (Å²) in [5.74, 6) is 0.497. The molecule has 2 aromatic carbocycles. The van der Waals surface area contributed by atoms with Crippen LogP contribution in [0.15, 0.2) is 48.5 Å². The van der Waals surface area contributed by atoms with Gasteiger partial charge in [-0.15, -0.1) is 0 Å². The topological polar surface area (TPSA) is 61.9 Å². The first-order valence-electron chi connectivity index (χ1n) is 11.3. The number of ether oxygens (including phenoxy) is 1. The molecule has 2 aliphatic heterocycles. The molecule has 1 N–H and O–H groups in total. The fourth-order valence-corrected chi connectivity index (χ4v) is 4.55. The standard InChI is InChI=1S/C25H30ClN3O3/c1-18-16-29(22-15-20(26)7-8-23(22)32-18)25(31)10-9-24(30)27-21-11-13-28(14-12-21)17-19-5-3-2-4-6-19/h2-8,15,18,21H,9-14,16-17H2,1H3,(H,27,30)/t18-/m0/s1. The fraction of sp³-hybridized carbons (Fsp3) is 0.440. The Kier molecular flexibility index (Phi) is 7.33. The van der Waals surface area contributed by atoms with Crippen molar-refractivity contribution in [1.82, 2.24) is 10.2 Å². The Balaban J connectivity index is 1.23. The summed E-state index contributed by atoms with van der Waals surface area (Å²) < 4.78 is 5.80. The monoisotopic (exact) mass is 455 g/mol. The van der Waals surface area contributed by atoms with Crippen molar-refractivity contribution in [2.75, 3.05) is 24.5 Å². The molecule has 0 bridgehead atoms. The van der Waals surface area contributed by atoms with Crippen molar-refractivity contribution < 1.29 is 14.3 Å². The fourth-order valence-electron chi connectivity index (χ4n) is 4.38. The van der Waals surface area contributed by atoms with Crippen LogP contribution in [-0.4, -0.2) is 48.5 Å². The van der Waals surface area contributed by atoms with Crippen LogP contribution in [0.1, 0.15) is 38.2 Å². The summed E-state index contributed by atoms with van der Waals surface area (Å²) in [5.41, 5.74) is 1.99. The SMILES string of the molecule is C[C@H]1CN(C(=O)CCC(=O)NC2CCN(Cc3ccccc3)CC2)c2cc(Cl)ccc2O1. The Morgan fingerprint density at radius 1 is 1.09 bits per heavy atom. The van der Waals surface area contributed by atoms with E-state index in [4.69, 9.17) is 16.3 Å². The third-order valence-electron chi connectivity index (χ3n) is 6.05. The second kappa shape index (κ2) is 10.4. The largest absolute Gasteiger partial charge is 0.487 e. The van der Waals surface area contributed by atoms with Gasteiger partial charge in [-0.05, 0) is 43.5 Å². The first-order valence-corrected chi connectivity index (χ1v) is 11.7. The smallest absolute Gasteiger partial charge is 0.227 e. The Labute approximate surface area is 194 Å². The summed E-state index contributed by atoms with van der Waals surface area (Å²) in [6, 6.07) is 15.9.